The summed E-state index contributed by atoms with van der Waals surface area (Å²) in [5, 5.41) is 6.30. The number of aromatic nitrogens is 2. The monoisotopic (exact) mass is 221 g/mol. The molecular formula is C11H15N3S. The van der Waals surface area contributed by atoms with Crippen LogP contribution in [0.2, 0.25) is 0 Å². The first kappa shape index (κ1) is 10.4. The Bertz CT molecular complexity index is 470. The minimum absolute atomic E-state index is 0.0429. The lowest BCUT2D eigenvalue weighted by molar-refractivity contribution is 0.734. The fraction of sp³-hybridized carbons (Fsp3) is 0.364. The molecule has 2 rings (SSSR count). The maximum absolute atomic E-state index is 6.23. The highest BCUT2D eigenvalue weighted by molar-refractivity contribution is 7.10. The molecule has 2 N–H and O–H groups in total. The van der Waals surface area contributed by atoms with Crippen molar-refractivity contribution in [3.63, 3.8) is 0 Å². The van der Waals surface area contributed by atoms with Crippen molar-refractivity contribution >= 4 is 11.3 Å². The molecule has 2 heterocycles. The number of thiophene rings is 1. The standard InChI is InChI=1S/C11H15N3S/c1-7-4-5-15-11(7)10(12)9-6-13-14(3)8(9)2/h4-6,10H,12H2,1-3H3. The summed E-state index contributed by atoms with van der Waals surface area (Å²) < 4.78 is 1.86. The fourth-order valence-electron chi connectivity index (χ4n) is 1.67. The largest absolute Gasteiger partial charge is 0.319 e. The summed E-state index contributed by atoms with van der Waals surface area (Å²) in [4.78, 5) is 1.23. The van der Waals surface area contributed by atoms with Gasteiger partial charge in [-0.1, -0.05) is 0 Å². The Hall–Kier alpha value is -1.13. The molecule has 0 aliphatic heterocycles. The van der Waals surface area contributed by atoms with Gasteiger partial charge in [0.25, 0.3) is 0 Å². The first-order chi connectivity index (χ1) is 7.11. The third-order valence-corrected chi connectivity index (χ3v) is 3.89. The number of nitrogens with zero attached hydrogens (tertiary/aromatic N) is 2. The molecule has 3 nitrogen and oxygen atoms in total. The van der Waals surface area contributed by atoms with Gasteiger partial charge in [0.05, 0.1) is 12.2 Å². The van der Waals surface area contributed by atoms with Gasteiger partial charge in [-0.05, 0) is 30.9 Å². The summed E-state index contributed by atoms with van der Waals surface area (Å²) in [6.07, 6.45) is 1.86. The third-order valence-electron chi connectivity index (χ3n) is 2.79. The Labute approximate surface area is 93.5 Å². The van der Waals surface area contributed by atoms with E-state index in [2.05, 4.69) is 23.5 Å². The Kier molecular flexibility index (Phi) is 2.63. The SMILES string of the molecule is Cc1ccsc1C(N)c1cnn(C)c1C. The number of aryl methyl sites for hydroxylation is 2. The van der Waals surface area contributed by atoms with E-state index in [1.807, 2.05) is 24.9 Å². The molecule has 2 aromatic heterocycles. The van der Waals surface area contributed by atoms with Gasteiger partial charge in [-0.15, -0.1) is 11.3 Å². The van der Waals surface area contributed by atoms with Crippen LogP contribution >= 0.6 is 11.3 Å². The quantitative estimate of drug-likeness (QED) is 0.844. The molecule has 0 bridgehead atoms. The van der Waals surface area contributed by atoms with Crippen molar-refractivity contribution in [3.05, 3.63) is 39.3 Å². The van der Waals surface area contributed by atoms with Gasteiger partial charge < -0.3 is 5.73 Å². The van der Waals surface area contributed by atoms with Crippen molar-refractivity contribution in [2.45, 2.75) is 19.9 Å². The summed E-state index contributed by atoms with van der Waals surface area (Å²) >= 11 is 1.71. The summed E-state index contributed by atoms with van der Waals surface area (Å²) in [7, 11) is 1.94. The van der Waals surface area contributed by atoms with E-state index in [9.17, 15) is 0 Å². The van der Waals surface area contributed by atoms with E-state index in [-0.39, 0.29) is 6.04 Å². The second kappa shape index (κ2) is 3.79. The average molecular weight is 221 g/mol. The number of rotatable bonds is 2. The van der Waals surface area contributed by atoms with Gasteiger partial charge in [0.1, 0.15) is 0 Å². The first-order valence-corrected chi connectivity index (χ1v) is 5.77. The van der Waals surface area contributed by atoms with Gasteiger partial charge in [0.15, 0.2) is 0 Å². The van der Waals surface area contributed by atoms with Crippen LogP contribution in [-0.2, 0) is 7.05 Å². The van der Waals surface area contributed by atoms with Gasteiger partial charge in [0.2, 0.25) is 0 Å². The molecule has 0 saturated heterocycles. The Balaban J connectivity index is 2.41. The number of hydrogen-bond donors (Lipinski definition) is 1. The maximum Gasteiger partial charge on any atom is 0.0682 e. The van der Waals surface area contributed by atoms with Gasteiger partial charge in [-0.25, -0.2) is 0 Å². The molecule has 0 fully saturated rings. The van der Waals surface area contributed by atoms with Gasteiger partial charge >= 0.3 is 0 Å². The lowest BCUT2D eigenvalue weighted by Gasteiger charge is -2.10. The molecular weight excluding hydrogens is 206 g/mol. The predicted molar refractivity (Wildman–Crippen MR) is 63.0 cm³/mol. The number of nitrogens with two attached hydrogens (primary N) is 1. The summed E-state index contributed by atoms with van der Waals surface area (Å²) in [6, 6.07) is 2.06. The molecule has 15 heavy (non-hydrogen) atoms. The highest BCUT2D eigenvalue weighted by Crippen LogP contribution is 2.28. The molecule has 0 saturated carbocycles. The molecule has 0 radical (unpaired) electrons. The molecule has 0 aromatic carbocycles. The van der Waals surface area contributed by atoms with Crippen LogP contribution in [0.4, 0.5) is 0 Å². The van der Waals surface area contributed by atoms with E-state index < -0.39 is 0 Å². The predicted octanol–water partition coefficient (Wildman–Crippen LogP) is 2.15. The van der Waals surface area contributed by atoms with Crippen LogP contribution in [0, 0.1) is 13.8 Å². The zero-order chi connectivity index (χ0) is 11.0. The molecule has 4 heteroatoms. The smallest absolute Gasteiger partial charge is 0.0682 e. The molecule has 0 amide bonds. The lowest BCUT2D eigenvalue weighted by atomic mass is 10.1. The van der Waals surface area contributed by atoms with Crippen LogP contribution in [-0.4, -0.2) is 9.78 Å². The Morgan fingerprint density at radius 3 is 2.67 bits per heavy atom. The number of hydrogen-bond acceptors (Lipinski definition) is 3. The van der Waals surface area contributed by atoms with E-state index in [0.29, 0.717) is 0 Å². The second-order valence-corrected chi connectivity index (χ2v) is 4.70. The van der Waals surface area contributed by atoms with E-state index in [1.54, 1.807) is 11.3 Å². The van der Waals surface area contributed by atoms with E-state index in [0.717, 1.165) is 11.3 Å². The maximum atomic E-state index is 6.23. The molecule has 0 spiro atoms. The van der Waals surface area contributed by atoms with Crippen LogP contribution in [0.15, 0.2) is 17.6 Å². The minimum Gasteiger partial charge on any atom is -0.319 e. The molecule has 1 atom stereocenters. The fourth-order valence-corrected chi connectivity index (χ4v) is 2.61. The highest BCUT2D eigenvalue weighted by atomic mass is 32.1. The summed E-state index contributed by atoms with van der Waals surface area (Å²) in [6.45, 7) is 4.14. The second-order valence-electron chi connectivity index (χ2n) is 3.75. The molecule has 2 aromatic rings. The van der Waals surface area contributed by atoms with Crippen LogP contribution in [0.5, 0.6) is 0 Å². The highest BCUT2D eigenvalue weighted by Gasteiger charge is 2.17. The summed E-state index contributed by atoms with van der Waals surface area (Å²) in [5.41, 5.74) is 9.74. The van der Waals surface area contributed by atoms with Crippen LogP contribution in [0.1, 0.15) is 27.7 Å². The molecule has 1 unspecified atom stereocenters. The zero-order valence-corrected chi connectivity index (χ0v) is 10.0. The van der Waals surface area contributed by atoms with Crippen molar-refractivity contribution in [3.8, 4) is 0 Å². The molecule has 80 valence electrons. The Morgan fingerprint density at radius 2 is 2.20 bits per heavy atom. The van der Waals surface area contributed by atoms with Crippen molar-refractivity contribution in [1.29, 1.82) is 0 Å². The molecule has 0 aliphatic rings. The van der Waals surface area contributed by atoms with Crippen molar-refractivity contribution in [2.75, 3.05) is 0 Å². The van der Waals surface area contributed by atoms with Crippen LogP contribution in [0.25, 0.3) is 0 Å². The summed E-state index contributed by atoms with van der Waals surface area (Å²) in [5.74, 6) is 0. The molecule has 0 aliphatic carbocycles. The van der Waals surface area contributed by atoms with Crippen molar-refractivity contribution in [2.24, 2.45) is 12.8 Å². The van der Waals surface area contributed by atoms with Gasteiger partial charge in [-0.3, -0.25) is 4.68 Å². The third kappa shape index (κ3) is 1.70. The van der Waals surface area contributed by atoms with Crippen molar-refractivity contribution < 1.29 is 0 Å². The average Bonchev–Trinajstić information content (AvgIpc) is 2.75. The zero-order valence-electron chi connectivity index (χ0n) is 9.19. The van der Waals surface area contributed by atoms with E-state index in [1.165, 1.54) is 10.4 Å². The van der Waals surface area contributed by atoms with Gasteiger partial charge in [0, 0.05) is 23.2 Å². The Morgan fingerprint density at radius 1 is 1.47 bits per heavy atom. The van der Waals surface area contributed by atoms with Crippen LogP contribution < -0.4 is 5.73 Å². The minimum atomic E-state index is -0.0429. The normalized spacial score (nSPS) is 13.1. The van der Waals surface area contributed by atoms with E-state index >= 15 is 0 Å². The lowest BCUT2D eigenvalue weighted by Crippen LogP contribution is -2.12. The van der Waals surface area contributed by atoms with E-state index in [4.69, 9.17) is 5.73 Å². The van der Waals surface area contributed by atoms with Crippen molar-refractivity contribution in [1.82, 2.24) is 9.78 Å². The topological polar surface area (TPSA) is 43.8 Å². The van der Waals surface area contributed by atoms with Gasteiger partial charge in [-0.2, -0.15) is 5.10 Å². The van der Waals surface area contributed by atoms with Crippen LogP contribution in [0.3, 0.4) is 0 Å². The first-order valence-electron chi connectivity index (χ1n) is 4.89.